The second-order valence-electron chi connectivity index (χ2n) is 8.33. The molecule has 0 aliphatic rings. The Bertz CT molecular complexity index is 1620. The number of hydrogen-bond acceptors (Lipinski definition) is 4. The van der Waals surface area contributed by atoms with Crippen LogP contribution in [0, 0.1) is 13.8 Å². The topological polar surface area (TPSA) is 83.8 Å². The first-order valence-electron chi connectivity index (χ1n) is 11.4. The van der Waals surface area contributed by atoms with Gasteiger partial charge < -0.3 is 4.57 Å². The van der Waals surface area contributed by atoms with Crippen LogP contribution >= 0.6 is 34.8 Å². The molecule has 11 heteroatoms. The highest BCUT2D eigenvalue weighted by atomic mass is 35.5. The molecule has 3 aromatic carbocycles. The molecule has 0 radical (unpaired) electrons. The first kappa shape index (κ1) is 27.7. The van der Waals surface area contributed by atoms with Crippen molar-refractivity contribution in [1.82, 2.24) is 9.99 Å². The Morgan fingerprint density at radius 3 is 2.34 bits per heavy atom. The van der Waals surface area contributed by atoms with E-state index in [1.165, 1.54) is 24.4 Å². The van der Waals surface area contributed by atoms with Gasteiger partial charge in [0.05, 0.1) is 32.5 Å². The van der Waals surface area contributed by atoms with Gasteiger partial charge in [-0.05, 0) is 62.4 Å². The summed E-state index contributed by atoms with van der Waals surface area (Å²) in [5.41, 5.74) is 5.77. The van der Waals surface area contributed by atoms with Crippen molar-refractivity contribution in [2.45, 2.75) is 18.7 Å². The number of aromatic nitrogens is 1. The lowest BCUT2D eigenvalue weighted by Gasteiger charge is -2.24. The summed E-state index contributed by atoms with van der Waals surface area (Å²) in [6.45, 7) is 3.27. The third-order valence-corrected chi connectivity index (χ3v) is 8.40. The molecule has 1 heterocycles. The molecule has 0 bridgehead atoms. The Labute approximate surface area is 236 Å². The molecular formula is C27H23Cl3N4O3S. The van der Waals surface area contributed by atoms with Crippen LogP contribution in [0.25, 0.3) is 5.69 Å². The highest BCUT2D eigenvalue weighted by molar-refractivity contribution is 7.92. The number of aryl methyl sites for hydroxylation is 1. The van der Waals surface area contributed by atoms with Crippen LogP contribution < -0.4 is 9.73 Å². The van der Waals surface area contributed by atoms with E-state index in [9.17, 15) is 13.2 Å². The number of para-hydroxylation sites is 1. The molecule has 0 saturated heterocycles. The number of nitrogens with one attached hydrogen (secondary N) is 1. The van der Waals surface area contributed by atoms with E-state index in [2.05, 4.69) is 10.5 Å². The number of sulfonamides is 1. The fraction of sp³-hybridized carbons (Fsp3) is 0.111. The zero-order chi connectivity index (χ0) is 27.4. The fourth-order valence-corrected chi connectivity index (χ4v) is 6.08. The van der Waals surface area contributed by atoms with Crippen molar-refractivity contribution < 1.29 is 13.2 Å². The van der Waals surface area contributed by atoms with Crippen molar-refractivity contribution in [2.75, 3.05) is 10.8 Å². The minimum Gasteiger partial charge on any atom is -0.316 e. The van der Waals surface area contributed by atoms with Crippen LogP contribution in [0.5, 0.6) is 0 Å². The molecule has 0 saturated carbocycles. The Kier molecular flexibility index (Phi) is 8.47. The first-order chi connectivity index (χ1) is 18.1. The Morgan fingerprint density at radius 2 is 1.63 bits per heavy atom. The maximum Gasteiger partial charge on any atom is 0.264 e. The van der Waals surface area contributed by atoms with Crippen molar-refractivity contribution in [3.63, 3.8) is 0 Å². The number of carbonyl (C=O) groups excluding carboxylic acids is 1. The third kappa shape index (κ3) is 5.89. The number of rotatable bonds is 8. The third-order valence-electron chi connectivity index (χ3n) is 5.75. The Balaban J connectivity index is 1.57. The van der Waals surface area contributed by atoms with E-state index in [4.69, 9.17) is 34.8 Å². The molecule has 1 N–H and O–H groups in total. The van der Waals surface area contributed by atoms with Gasteiger partial charge in [-0.2, -0.15) is 5.10 Å². The lowest BCUT2D eigenvalue weighted by molar-refractivity contribution is -0.119. The first-order valence-corrected chi connectivity index (χ1v) is 14.0. The van der Waals surface area contributed by atoms with Gasteiger partial charge in [0.15, 0.2) is 0 Å². The summed E-state index contributed by atoms with van der Waals surface area (Å²) < 4.78 is 29.7. The van der Waals surface area contributed by atoms with Gasteiger partial charge >= 0.3 is 0 Å². The van der Waals surface area contributed by atoms with Gasteiger partial charge in [0.1, 0.15) is 6.54 Å². The SMILES string of the molecule is Cc1cc(/C=N\NC(=O)CN(c2ccccc2Cl)S(=O)(=O)c2ccccc2)c(C)n1-c1cc(Cl)ccc1Cl. The molecule has 196 valence electrons. The van der Waals surface area contributed by atoms with Gasteiger partial charge in [-0.15, -0.1) is 0 Å². The number of halogens is 3. The van der Waals surface area contributed by atoms with Crippen LogP contribution in [0.15, 0.2) is 88.9 Å². The molecule has 4 rings (SSSR count). The lowest BCUT2D eigenvalue weighted by atomic mass is 10.2. The van der Waals surface area contributed by atoms with Crippen LogP contribution in [0.1, 0.15) is 17.0 Å². The van der Waals surface area contributed by atoms with Crippen LogP contribution in [0.2, 0.25) is 15.1 Å². The second kappa shape index (κ2) is 11.6. The summed E-state index contributed by atoms with van der Waals surface area (Å²) in [5, 5.41) is 5.34. The van der Waals surface area contributed by atoms with Crippen LogP contribution in [-0.2, 0) is 14.8 Å². The molecule has 0 aliphatic carbocycles. The fourth-order valence-electron chi connectivity index (χ4n) is 3.96. The van der Waals surface area contributed by atoms with Gasteiger partial charge in [0.2, 0.25) is 0 Å². The van der Waals surface area contributed by atoms with Gasteiger partial charge in [-0.25, -0.2) is 13.8 Å². The highest BCUT2D eigenvalue weighted by Gasteiger charge is 2.28. The quantitative estimate of drug-likeness (QED) is 0.191. The van der Waals surface area contributed by atoms with E-state index in [1.54, 1.807) is 54.6 Å². The Morgan fingerprint density at radius 1 is 0.947 bits per heavy atom. The minimum absolute atomic E-state index is 0.0309. The average Bonchev–Trinajstić information content (AvgIpc) is 3.17. The van der Waals surface area contributed by atoms with E-state index >= 15 is 0 Å². The molecule has 0 atom stereocenters. The van der Waals surface area contributed by atoms with Crippen LogP contribution in [0.4, 0.5) is 5.69 Å². The number of anilines is 1. The van der Waals surface area contributed by atoms with E-state index in [1.807, 2.05) is 24.5 Å². The number of benzene rings is 3. The predicted octanol–water partition coefficient (Wildman–Crippen LogP) is 6.40. The standard InChI is InChI=1S/C27H23Cl3N4O3S/c1-18-14-20(19(2)34(18)26-15-21(28)12-13-24(26)30)16-31-32-27(35)17-33(25-11-7-6-10-23(25)29)38(36,37)22-8-4-3-5-9-22/h3-16H,17H2,1-2H3,(H,32,35)/b31-16-. The van der Waals surface area contributed by atoms with Gasteiger partial charge in [-0.1, -0.05) is 65.1 Å². The normalized spacial score (nSPS) is 11.6. The summed E-state index contributed by atoms with van der Waals surface area (Å²) in [5.74, 6) is -0.646. The maximum atomic E-state index is 13.4. The molecule has 38 heavy (non-hydrogen) atoms. The molecule has 7 nitrogen and oxygen atoms in total. The largest absolute Gasteiger partial charge is 0.316 e. The monoisotopic (exact) mass is 588 g/mol. The molecule has 0 fully saturated rings. The van der Waals surface area contributed by atoms with Crippen molar-refractivity contribution >= 4 is 62.6 Å². The summed E-state index contributed by atoms with van der Waals surface area (Å²) in [7, 11) is -4.09. The molecule has 0 spiro atoms. The molecule has 1 amide bonds. The number of carbonyl (C=O) groups is 1. The van der Waals surface area contributed by atoms with Crippen LogP contribution in [-0.4, -0.2) is 31.7 Å². The van der Waals surface area contributed by atoms with E-state index < -0.39 is 22.5 Å². The summed E-state index contributed by atoms with van der Waals surface area (Å²) >= 11 is 18.8. The van der Waals surface area contributed by atoms with Crippen molar-refractivity contribution in [2.24, 2.45) is 5.10 Å². The smallest absolute Gasteiger partial charge is 0.264 e. The number of amides is 1. The number of hydrazone groups is 1. The van der Waals surface area contributed by atoms with Crippen molar-refractivity contribution in [3.8, 4) is 5.69 Å². The van der Waals surface area contributed by atoms with E-state index in [-0.39, 0.29) is 15.6 Å². The average molecular weight is 590 g/mol. The zero-order valence-corrected chi connectivity index (χ0v) is 23.5. The van der Waals surface area contributed by atoms with Gasteiger partial charge in [0, 0.05) is 22.0 Å². The highest BCUT2D eigenvalue weighted by Crippen LogP contribution is 2.31. The molecule has 0 unspecified atom stereocenters. The van der Waals surface area contributed by atoms with Crippen molar-refractivity contribution in [3.05, 3.63) is 111 Å². The van der Waals surface area contributed by atoms with E-state index in [0.29, 0.717) is 10.0 Å². The number of nitrogens with zero attached hydrogens (tertiary/aromatic N) is 3. The predicted molar refractivity (Wildman–Crippen MR) is 153 cm³/mol. The minimum atomic E-state index is -4.09. The molecular weight excluding hydrogens is 567 g/mol. The Hall–Kier alpha value is -3.30. The lowest BCUT2D eigenvalue weighted by Crippen LogP contribution is -2.39. The van der Waals surface area contributed by atoms with Crippen molar-refractivity contribution in [1.29, 1.82) is 0 Å². The van der Waals surface area contributed by atoms with Gasteiger partial charge in [0.25, 0.3) is 15.9 Å². The molecule has 1 aromatic heterocycles. The maximum absolute atomic E-state index is 13.4. The van der Waals surface area contributed by atoms with Gasteiger partial charge in [-0.3, -0.25) is 9.10 Å². The summed E-state index contributed by atoms with van der Waals surface area (Å²) in [6.07, 6.45) is 1.49. The summed E-state index contributed by atoms with van der Waals surface area (Å²) in [4.78, 5) is 12.9. The zero-order valence-electron chi connectivity index (χ0n) is 20.4. The number of hydrogen-bond donors (Lipinski definition) is 1. The molecule has 0 aliphatic heterocycles. The van der Waals surface area contributed by atoms with E-state index in [0.717, 1.165) is 26.9 Å². The summed E-state index contributed by atoms with van der Waals surface area (Å²) in [6, 6.07) is 21.3. The molecule has 4 aromatic rings. The van der Waals surface area contributed by atoms with Crippen LogP contribution in [0.3, 0.4) is 0 Å². The second-order valence-corrected chi connectivity index (χ2v) is 11.4.